The summed E-state index contributed by atoms with van der Waals surface area (Å²) in [7, 11) is 0. The summed E-state index contributed by atoms with van der Waals surface area (Å²) in [6, 6.07) is 0. The molecule has 0 fully saturated rings. The van der Waals surface area contributed by atoms with Crippen LogP contribution in [-0.2, 0) is 11.2 Å². The summed E-state index contributed by atoms with van der Waals surface area (Å²) >= 11 is 1.51. The Kier molecular flexibility index (Phi) is 3.63. The van der Waals surface area contributed by atoms with Gasteiger partial charge in [0.25, 0.3) is 0 Å². The van der Waals surface area contributed by atoms with Gasteiger partial charge in [0.2, 0.25) is 0 Å². The van der Waals surface area contributed by atoms with Crippen LogP contribution >= 0.6 is 11.3 Å². The van der Waals surface area contributed by atoms with Crippen molar-refractivity contribution in [3.05, 3.63) is 16.6 Å². The van der Waals surface area contributed by atoms with E-state index in [2.05, 4.69) is 4.98 Å². The zero-order valence-electron chi connectivity index (χ0n) is 8.49. The van der Waals surface area contributed by atoms with E-state index in [0.29, 0.717) is 12.8 Å². The number of aliphatic carboxylic acids is 1. The van der Waals surface area contributed by atoms with Gasteiger partial charge in [-0.15, -0.1) is 11.3 Å². The SMILES string of the molecule is CCCC(C)(Cc1cscn1)C(=O)O. The average Bonchev–Trinajstić information content (AvgIpc) is 2.56. The number of nitrogens with zero attached hydrogens (tertiary/aromatic N) is 1. The first-order valence-corrected chi connectivity index (χ1v) is 5.63. The van der Waals surface area contributed by atoms with Crippen molar-refractivity contribution in [3.63, 3.8) is 0 Å². The van der Waals surface area contributed by atoms with Crippen molar-refractivity contribution in [2.45, 2.75) is 33.1 Å². The first-order chi connectivity index (χ1) is 6.58. The van der Waals surface area contributed by atoms with Gasteiger partial charge in [-0.25, -0.2) is 4.98 Å². The Morgan fingerprint density at radius 2 is 2.43 bits per heavy atom. The molecule has 0 aliphatic heterocycles. The van der Waals surface area contributed by atoms with Crippen molar-refractivity contribution in [1.82, 2.24) is 4.98 Å². The number of carbonyl (C=O) groups is 1. The third-order valence-corrected chi connectivity index (χ3v) is 3.01. The van der Waals surface area contributed by atoms with E-state index in [1.165, 1.54) is 11.3 Å². The first kappa shape index (κ1) is 11.2. The van der Waals surface area contributed by atoms with E-state index < -0.39 is 11.4 Å². The minimum absolute atomic E-state index is 0.527. The summed E-state index contributed by atoms with van der Waals surface area (Å²) in [5.74, 6) is -0.729. The zero-order valence-corrected chi connectivity index (χ0v) is 9.30. The standard InChI is InChI=1S/C10H15NO2S/c1-3-4-10(2,9(12)13)5-8-6-14-7-11-8/h6-7H,3-5H2,1-2H3,(H,12,13). The maximum atomic E-state index is 11.1. The second kappa shape index (κ2) is 4.55. The van der Waals surface area contributed by atoms with Crippen LogP contribution in [0, 0.1) is 5.41 Å². The van der Waals surface area contributed by atoms with Crippen molar-refractivity contribution in [1.29, 1.82) is 0 Å². The van der Waals surface area contributed by atoms with Crippen LogP contribution in [0.1, 0.15) is 32.4 Å². The van der Waals surface area contributed by atoms with Crippen molar-refractivity contribution in [3.8, 4) is 0 Å². The number of hydrogen-bond acceptors (Lipinski definition) is 3. The predicted octanol–water partition coefficient (Wildman–Crippen LogP) is 2.58. The van der Waals surface area contributed by atoms with Crippen LogP contribution in [0.4, 0.5) is 0 Å². The van der Waals surface area contributed by atoms with Crippen molar-refractivity contribution in [2.24, 2.45) is 5.41 Å². The van der Waals surface area contributed by atoms with Gasteiger partial charge in [0.1, 0.15) is 0 Å². The molecule has 1 atom stereocenters. The van der Waals surface area contributed by atoms with Gasteiger partial charge in [0.15, 0.2) is 0 Å². The van der Waals surface area contributed by atoms with Gasteiger partial charge in [-0.2, -0.15) is 0 Å². The number of rotatable bonds is 5. The molecule has 0 bridgehead atoms. The highest BCUT2D eigenvalue weighted by molar-refractivity contribution is 7.07. The van der Waals surface area contributed by atoms with Crippen LogP contribution < -0.4 is 0 Å². The lowest BCUT2D eigenvalue weighted by molar-refractivity contribution is -0.148. The summed E-state index contributed by atoms with van der Waals surface area (Å²) in [5.41, 5.74) is 1.96. The normalized spacial score (nSPS) is 15.0. The Balaban J connectivity index is 2.74. The lowest BCUT2D eigenvalue weighted by atomic mass is 9.81. The van der Waals surface area contributed by atoms with Crippen LogP contribution in [0.15, 0.2) is 10.9 Å². The van der Waals surface area contributed by atoms with Gasteiger partial charge in [-0.3, -0.25) is 4.79 Å². The van der Waals surface area contributed by atoms with Crippen LogP contribution in [0.2, 0.25) is 0 Å². The molecule has 0 aromatic carbocycles. The van der Waals surface area contributed by atoms with Crippen molar-refractivity contribution >= 4 is 17.3 Å². The monoisotopic (exact) mass is 213 g/mol. The molecule has 1 aromatic heterocycles. The number of aromatic nitrogens is 1. The van der Waals surface area contributed by atoms with E-state index >= 15 is 0 Å². The summed E-state index contributed by atoms with van der Waals surface area (Å²) < 4.78 is 0. The van der Waals surface area contributed by atoms with Gasteiger partial charge >= 0.3 is 5.97 Å². The molecule has 1 unspecified atom stereocenters. The number of hydrogen-bond donors (Lipinski definition) is 1. The van der Waals surface area contributed by atoms with E-state index in [-0.39, 0.29) is 0 Å². The van der Waals surface area contributed by atoms with E-state index in [1.54, 1.807) is 12.4 Å². The van der Waals surface area contributed by atoms with Crippen LogP contribution in [0.5, 0.6) is 0 Å². The molecule has 0 aliphatic carbocycles. The lowest BCUT2D eigenvalue weighted by Gasteiger charge is -2.22. The summed E-state index contributed by atoms with van der Waals surface area (Å²) in [6.07, 6.45) is 2.10. The fourth-order valence-electron chi connectivity index (χ4n) is 1.55. The molecule has 1 heterocycles. The van der Waals surface area contributed by atoms with Crippen LogP contribution in [-0.4, -0.2) is 16.1 Å². The molecule has 1 rings (SSSR count). The topological polar surface area (TPSA) is 50.2 Å². The molecule has 4 heteroatoms. The molecule has 0 amide bonds. The van der Waals surface area contributed by atoms with Crippen molar-refractivity contribution in [2.75, 3.05) is 0 Å². The Bertz CT molecular complexity index is 297. The molecule has 0 radical (unpaired) electrons. The predicted molar refractivity (Wildman–Crippen MR) is 56.5 cm³/mol. The van der Waals surface area contributed by atoms with Gasteiger partial charge in [0.05, 0.1) is 16.6 Å². The Morgan fingerprint density at radius 1 is 1.71 bits per heavy atom. The fourth-order valence-corrected chi connectivity index (χ4v) is 2.11. The maximum Gasteiger partial charge on any atom is 0.309 e. The van der Waals surface area contributed by atoms with Crippen molar-refractivity contribution < 1.29 is 9.90 Å². The highest BCUT2D eigenvalue weighted by Crippen LogP contribution is 2.28. The quantitative estimate of drug-likeness (QED) is 0.817. The van der Waals surface area contributed by atoms with Gasteiger partial charge in [0, 0.05) is 11.8 Å². The molecule has 0 saturated heterocycles. The Morgan fingerprint density at radius 3 is 2.86 bits per heavy atom. The van der Waals surface area contributed by atoms with E-state index in [0.717, 1.165) is 12.1 Å². The number of carboxylic acid groups (broad SMARTS) is 1. The van der Waals surface area contributed by atoms with Gasteiger partial charge in [-0.05, 0) is 13.3 Å². The third-order valence-electron chi connectivity index (χ3n) is 2.37. The minimum atomic E-state index is -0.729. The average molecular weight is 213 g/mol. The van der Waals surface area contributed by atoms with Crippen LogP contribution in [0.25, 0.3) is 0 Å². The second-order valence-electron chi connectivity index (χ2n) is 3.77. The largest absolute Gasteiger partial charge is 0.481 e. The molecule has 0 saturated carbocycles. The number of thiazole rings is 1. The molecule has 1 N–H and O–H groups in total. The molecule has 1 aromatic rings. The Hall–Kier alpha value is -0.900. The smallest absolute Gasteiger partial charge is 0.309 e. The first-order valence-electron chi connectivity index (χ1n) is 4.69. The molecular formula is C10H15NO2S. The molecule has 0 aliphatic rings. The second-order valence-corrected chi connectivity index (χ2v) is 4.49. The number of carboxylic acids is 1. The van der Waals surface area contributed by atoms with E-state index in [9.17, 15) is 4.79 Å². The Labute approximate surface area is 87.8 Å². The molecule has 0 spiro atoms. The third kappa shape index (κ3) is 2.54. The van der Waals surface area contributed by atoms with Gasteiger partial charge in [-0.1, -0.05) is 13.3 Å². The minimum Gasteiger partial charge on any atom is -0.481 e. The molecule has 78 valence electrons. The van der Waals surface area contributed by atoms with Gasteiger partial charge < -0.3 is 5.11 Å². The lowest BCUT2D eigenvalue weighted by Crippen LogP contribution is -2.30. The van der Waals surface area contributed by atoms with Crippen LogP contribution in [0.3, 0.4) is 0 Å². The maximum absolute atomic E-state index is 11.1. The van der Waals surface area contributed by atoms with E-state index in [1.807, 2.05) is 12.3 Å². The summed E-state index contributed by atoms with van der Waals surface area (Å²) in [5, 5.41) is 11.1. The molecule has 3 nitrogen and oxygen atoms in total. The molecular weight excluding hydrogens is 198 g/mol. The highest BCUT2D eigenvalue weighted by atomic mass is 32.1. The fraction of sp³-hybridized carbons (Fsp3) is 0.600. The zero-order chi connectivity index (χ0) is 10.6. The summed E-state index contributed by atoms with van der Waals surface area (Å²) in [4.78, 5) is 15.2. The highest BCUT2D eigenvalue weighted by Gasteiger charge is 2.32. The molecule has 14 heavy (non-hydrogen) atoms. The summed E-state index contributed by atoms with van der Waals surface area (Å²) in [6.45, 7) is 3.79. The van der Waals surface area contributed by atoms with E-state index in [4.69, 9.17) is 5.11 Å².